The molecule has 0 fully saturated rings. The fourth-order valence-electron chi connectivity index (χ4n) is 5.34. The van der Waals surface area contributed by atoms with Crippen molar-refractivity contribution in [2.45, 2.75) is 62.9 Å². The molecule has 2 atom stereocenters. The van der Waals surface area contributed by atoms with Gasteiger partial charge in [-0.25, -0.2) is 17.5 Å². The van der Waals surface area contributed by atoms with Crippen LogP contribution in [0.2, 0.25) is 0 Å². The van der Waals surface area contributed by atoms with Crippen molar-refractivity contribution < 1.29 is 22.3 Å². The number of hydrogen-bond acceptors (Lipinski definition) is 6. The molecule has 4 aromatic rings. The number of ether oxygens (including phenoxy) is 1. The van der Waals surface area contributed by atoms with Gasteiger partial charge in [0.25, 0.3) is 10.0 Å². The molecule has 0 radical (unpaired) electrons. The zero-order chi connectivity index (χ0) is 30.6. The van der Waals surface area contributed by atoms with E-state index in [0.29, 0.717) is 40.2 Å². The van der Waals surface area contributed by atoms with Crippen LogP contribution in [0.3, 0.4) is 0 Å². The Balaban J connectivity index is 1.31. The van der Waals surface area contributed by atoms with Crippen LogP contribution in [0.4, 0.5) is 4.39 Å². The molecule has 0 bridgehead atoms. The number of nitrogens with one attached hydrogen (secondary N) is 3. The van der Waals surface area contributed by atoms with E-state index in [0.717, 1.165) is 47.7 Å². The SMILES string of the molecule is Cc1c(S(=O)(=O)NC(CC(=O)NC2CCOc3cc(CNCCC(C)C)ccc32)c2ccccc2)sc2ccc(F)cc12. The van der Waals surface area contributed by atoms with Crippen molar-refractivity contribution in [3.63, 3.8) is 0 Å². The maximum Gasteiger partial charge on any atom is 0.250 e. The Labute approximate surface area is 256 Å². The molecular weight excluding hydrogens is 586 g/mol. The van der Waals surface area contributed by atoms with Crippen molar-refractivity contribution >= 4 is 37.4 Å². The Morgan fingerprint density at radius 1 is 1.09 bits per heavy atom. The van der Waals surface area contributed by atoms with E-state index in [4.69, 9.17) is 4.74 Å². The first-order valence-corrected chi connectivity index (χ1v) is 16.9. The number of benzene rings is 3. The molecule has 2 unspecified atom stereocenters. The molecule has 1 aliphatic rings. The highest BCUT2D eigenvalue weighted by Gasteiger charge is 2.29. The van der Waals surface area contributed by atoms with Crippen LogP contribution in [-0.2, 0) is 21.4 Å². The van der Waals surface area contributed by atoms with Crippen LogP contribution in [0.15, 0.2) is 70.9 Å². The minimum absolute atomic E-state index is 0.0909. The highest BCUT2D eigenvalue weighted by Crippen LogP contribution is 2.36. The standard InChI is InChI=1S/C33H38FN3O4S2/c1-21(2)13-15-35-20-23-9-11-26-28(14-16-41-30(26)17-23)36-32(38)19-29(24-7-5-4-6-8-24)37-43(39,40)33-22(3)27-18-25(34)10-12-31(27)42-33/h4-12,17-18,21,28-29,35,37H,13-16,19-20H2,1-3H3,(H,36,38). The van der Waals surface area contributed by atoms with Gasteiger partial charge in [0, 0.05) is 29.6 Å². The third-order valence-corrected chi connectivity index (χ3v) is 11.0. The van der Waals surface area contributed by atoms with Crippen LogP contribution in [0.1, 0.15) is 67.4 Å². The molecule has 0 saturated carbocycles. The van der Waals surface area contributed by atoms with Crippen molar-refractivity contribution in [1.29, 1.82) is 0 Å². The minimum atomic E-state index is -4.02. The van der Waals surface area contributed by atoms with Crippen LogP contribution >= 0.6 is 11.3 Å². The summed E-state index contributed by atoms with van der Waals surface area (Å²) in [5.74, 6) is 0.709. The molecule has 3 aromatic carbocycles. The highest BCUT2D eigenvalue weighted by molar-refractivity contribution is 7.91. The number of carbonyl (C=O) groups is 1. The van der Waals surface area contributed by atoms with Gasteiger partial charge in [-0.05, 0) is 72.1 Å². The maximum atomic E-state index is 13.9. The third-order valence-electron chi connectivity index (χ3n) is 7.67. The first kappa shape index (κ1) is 31.1. The summed E-state index contributed by atoms with van der Waals surface area (Å²) in [7, 11) is -4.02. The second kappa shape index (κ2) is 13.5. The summed E-state index contributed by atoms with van der Waals surface area (Å²) in [5.41, 5.74) is 3.19. The van der Waals surface area contributed by atoms with Crippen LogP contribution in [-0.4, -0.2) is 27.5 Å². The van der Waals surface area contributed by atoms with E-state index in [1.807, 2.05) is 30.3 Å². The number of hydrogen-bond donors (Lipinski definition) is 3. The summed E-state index contributed by atoms with van der Waals surface area (Å²) in [6.07, 6.45) is 1.63. The molecule has 0 spiro atoms. The molecular formula is C33H38FN3O4S2. The second-order valence-corrected chi connectivity index (χ2v) is 14.4. The molecule has 3 N–H and O–H groups in total. The molecule has 1 amide bonds. The number of thiophene rings is 1. The van der Waals surface area contributed by atoms with Gasteiger partial charge >= 0.3 is 0 Å². The van der Waals surface area contributed by atoms with Gasteiger partial charge in [-0.2, -0.15) is 0 Å². The molecule has 7 nitrogen and oxygen atoms in total. The number of carbonyl (C=O) groups excluding carboxylic acids is 1. The first-order chi connectivity index (χ1) is 20.6. The van der Waals surface area contributed by atoms with Gasteiger partial charge in [-0.3, -0.25) is 4.79 Å². The topological polar surface area (TPSA) is 96.5 Å². The number of amides is 1. The molecule has 228 valence electrons. The van der Waals surface area contributed by atoms with E-state index in [1.54, 1.807) is 25.1 Å². The number of aryl methyl sites for hydroxylation is 1. The Bertz CT molecular complexity index is 1690. The lowest BCUT2D eigenvalue weighted by atomic mass is 9.98. The summed E-state index contributed by atoms with van der Waals surface area (Å²) in [6, 6.07) is 18.3. The Kier molecular flexibility index (Phi) is 9.81. The molecule has 0 saturated heterocycles. The van der Waals surface area contributed by atoms with E-state index in [1.165, 1.54) is 12.1 Å². The molecule has 43 heavy (non-hydrogen) atoms. The van der Waals surface area contributed by atoms with Crippen molar-refractivity contribution in [3.05, 3.63) is 94.8 Å². The summed E-state index contributed by atoms with van der Waals surface area (Å²) in [5, 5.41) is 7.14. The smallest absolute Gasteiger partial charge is 0.250 e. The average molecular weight is 624 g/mol. The van der Waals surface area contributed by atoms with E-state index in [2.05, 4.69) is 35.3 Å². The van der Waals surface area contributed by atoms with Gasteiger partial charge in [-0.1, -0.05) is 56.3 Å². The predicted octanol–water partition coefficient (Wildman–Crippen LogP) is 6.53. The Morgan fingerprint density at radius 3 is 2.65 bits per heavy atom. The fraction of sp³-hybridized carbons (Fsp3) is 0.364. The lowest BCUT2D eigenvalue weighted by Gasteiger charge is -2.28. The normalized spacial score (nSPS) is 15.7. The van der Waals surface area contributed by atoms with Gasteiger partial charge in [0.15, 0.2) is 0 Å². The fourth-order valence-corrected chi connectivity index (χ4v) is 8.32. The van der Waals surface area contributed by atoms with Crippen molar-refractivity contribution in [2.75, 3.05) is 13.2 Å². The van der Waals surface area contributed by atoms with Crippen molar-refractivity contribution in [2.24, 2.45) is 5.92 Å². The Morgan fingerprint density at radius 2 is 1.88 bits per heavy atom. The van der Waals surface area contributed by atoms with E-state index in [9.17, 15) is 17.6 Å². The number of fused-ring (bicyclic) bond motifs is 2. The monoisotopic (exact) mass is 623 g/mol. The predicted molar refractivity (Wildman–Crippen MR) is 169 cm³/mol. The van der Waals surface area contributed by atoms with Gasteiger partial charge in [0.1, 0.15) is 15.8 Å². The van der Waals surface area contributed by atoms with E-state index >= 15 is 0 Å². The lowest BCUT2D eigenvalue weighted by molar-refractivity contribution is -0.122. The molecule has 5 rings (SSSR count). The number of sulfonamides is 1. The van der Waals surface area contributed by atoms with Gasteiger partial charge in [0.05, 0.1) is 18.7 Å². The molecule has 2 heterocycles. The van der Waals surface area contributed by atoms with Crippen molar-refractivity contribution in [1.82, 2.24) is 15.4 Å². The van der Waals surface area contributed by atoms with Gasteiger partial charge < -0.3 is 15.4 Å². The van der Waals surface area contributed by atoms with Crippen LogP contribution in [0.5, 0.6) is 5.75 Å². The summed E-state index contributed by atoms with van der Waals surface area (Å²) < 4.78 is 50.6. The summed E-state index contributed by atoms with van der Waals surface area (Å²) in [6.45, 7) is 8.25. The summed E-state index contributed by atoms with van der Waals surface area (Å²) in [4.78, 5) is 13.4. The lowest BCUT2D eigenvalue weighted by Crippen LogP contribution is -2.36. The quantitative estimate of drug-likeness (QED) is 0.156. The van der Waals surface area contributed by atoms with Crippen LogP contribution in [0.25, 0.3) is 10.1 Å². The number of halogens is 1. The molecule has 1 aromatic heterocycles. The average Bonchev–Trinajstić information content (AvgIpc) is 3.31. The van der Waals surface area contributed by atoms with Gasteiger partial charge in [-0.15, -0.1) is 11.3 Å². The molecule has 1 aliphatic heterocycles. The zero-order valence-corrected chi connectivity index (χ0v) is 26.3. The maximum absolute atomic E-state index is 13.9. The minimum Gasteiger partial charge on any atom is -0.493 e. The largest absolute Gasteiger partial charge is 0.493 e. The van der Waals surface area contributed by atoms with E-state index < -0.39 is 21.9 Å². The zero-order valence-electron chi connectivity index (χ0n) is 24.7. The highest BCUT2D eigenvalue weighted by atomic mass is 32.2. The first-order valence-electron chi connectivity index (χ1n) is 14.6. The second-order valence-electron chi connectivity index (χ2n) is 11.4. The van der Waals surface area contributed by atoms with Crippen molar-refractivity contribution in [3.8, 4) is 5.75 Å². The molecule has 0 aliphatic carbocycles. The molecule has 10 heteroatoms. The van der Waals surface area contributed by atoms with E-state index in [-0.39, 0.29) is 22.6 Å². The van der Waals surface area contributed by atoms with Crippen LogP contribution in [0, 0.1) is 18.7 Å². The van der Waals surface area contributed by atoms with Crippen LogP contribution < -0.4 is 20.1 Å². The Hall–Kier alpha value is -3.31. The third kappa shape index (κ3) is 7.62. The van der Waals surface area contributed by atoms with Gasteiger partial charge in [0.2, 0.25) is 5.91 Å². The summed E-state index contributed by atoms with van der Waals surface area (Å²) >= 11 is 1.09. The number of rotatable bonds is 12.